The van der Waals surface area contributed by atoms with Crippen LogP contribution in [0.1, 0.15) is 6.92 Å². The minimum Gasteiger partial charge on any atom is -0.324 e. The second-order valence-electron chi connectivity index (χ2n) is 2.94. The zero-order valence-corrected chi connectivity index (χ0v) is 10.6. The normalized spacial score (nSPS) is 15.6. The SMILES string of the molecule is CC(=CC(P(=O)(O)O)P(=O)(O)O)P(=O)(O)O. The summed E-state index contributed by atoms with van der Waals surface area (Å²) < 4.78 is 32.1. The maximum Gasteiger partial charge on any atom is 0.351 e. The molecule has 0 aliphatic heterocycles. The van der Waals surface area contributed by atoms with Gasteiger partial charge in [-0.1, -0.05) is 0 Å². The molecule has 0 rings (SSSR count). The van der Waals surface area contributed by atoms with E-state index in [4.69, 9.17) is 29.4 Å². The summed E-state index contributed by atoms with van der Waals surface area (Å²) in [5.41, 5.74) is 0. The highest BCUT2D eigenvalue weighted by atomic mass is 31.2. The van der Waals surface area contributed by atoms with Gasteiger partial charge in [-0.15, -0.1) is 0 Å². The molecule has 96 valence electrons. The van der Waals surface area contributed by atoms with Gasteiger partial charge in [0.1, 0.15) is 0 Å². The third kappa shape index (κ3) is 5.01. The molecule has 0 radical (unpaired) electrons. The standard InChI is InChI=1S/C4H11O9P3/c1-3(14(5,6)7)2-4(15(8,9)10)16(11,12)13/h2,4H,1H3,(H2,5,6,7)(H2,8,9,10)(H2,11,12,13). The van der Waals surface area contributed by atoms with Crippen LogP contribution < -0.4 is 0 Å². The second-order valence-corrected chi connectivity index (χ2v) is 8.61. The van der Waals surface area contributed by atoms with Gasteiger partial charge < -0.3 is 29.4 Å². The Labute approximate surface area is 90.3 Å². The smallest absolute Gasteiger partial charge is 0.324 e. The van der Waals surface area contributed by atoms with Crippen molar-refractivity contribution in [1.29, 1.82) is 0 Å². The van der Waals surface area contributed by atoms with Gasteiger partial charge in [-0.25, -0.2) is 0 Å². The Morgan fingerprint density at radius 2 is 1.25 bits per heavy atom. The van der Waals surface area contributed by atoms with Crippen molar-refractivity contribution >= 4 is 22.8 Å². The van der Waals surface area contributed by atoms with Crippen LogP contribution in [0, 0.1) is 0 Å². The molecular formula is C4H11O9P3. The second kappa shape index (κ2) is 4.82. The van der Waals surface area contributed by atoms with Crippen molar-refractivity contribution < 1.29 is 43.1 Å². The molecule has 9 nitrogen and oxygen atoms in total. The molecule has 12 heteroatoms. The van der Waals surface area contributed by atoms with Crippen molar-refractivity contribution in [3.63, 3.8) is 0 Å². The number of hydrogen-bond acceptors (Lipinski definition) is 3. The number of rotatable bonds is 4. The summed E-state index contributed by atoms with van der Waals surface area (Å²) in [6.07, 6.45) is 0.211. The van der Waals surface area contributed by atoms with E-state index in [1.54, 1.807) is 0 Å². The largest absolute Gasteiger partial charge is 0.351 e. The molecule has 0 aromatic carbocycles. The molecule has 0 bridgehead atoms. The maximum atomic E-state index is 10.7. The van der Waals surface area contributed by atoms with Gasteiger partial charge >= 0.3 is 22.8 Å². The van der Waals surface area contributed by atoms with Gasteiger partial charge in [-0.3, -0.25) is 13.7 Å². The molecule has 0 saturated heterocycles. The maximum absolute atomic E-state index is 10.7. The van der Waals surface area contributed by atoms with Crippen molar-refractivity contribution in [3.8, 4) is 0 Å². The lowest BCUT2D eigenvalue weighted by molar-refractivity contribution is 0.346. The van der Waals surface area contributed by atoms with Crippen LogP contribution in [-0.4, -0.2) is 34.8 Å². The van der Waals surface area contributed by atoms with Crippen LogP contribution in [0.15, 0.2) is 11.4 Å². The molecule has 6 N–H and O–H groups in total. The van der Waals surface area contributed by atoms with E-state index in [1.165, 1.54) is 0 Å². The van der Waals surface area contributed by atoms with Crippen LogP contribution in [0.5, 0.6) is 0 Å². The molecule has 0 aliphatic rings. The summed E-state index contributed by atoms with van der Waals surface area (Å²) >= 11 is 0. The highest BCUT2D eigenvalue weighted by Gasteiger charge is 2.42. The first-order chi connectivity index (χ1) is 6.76. The topological polar surface area (TPSA) is 173 Å². The first kappa shape index (κ1) is 16.2. The highest BCUT2D eigenvalue weighted by Crippen LogP contribution is 2.62. The Morgan fingerprint density at radius 1 is 0.938 bits per heavy atom. The number of allylic oxidation sites excluding steroid dienone is 2. The quantitative estimate of drug-likeness (QED) is 0.382. The lowest BCUT2D eigenvalue weighted by atomic mass is 10.6. The Balaban J connectivity index is 5.55. The zero-order valence-electron chi connectivity index (χ0n) is 7.90. The fourth-order valence-electron chi connectivity index (χ4n) is 0.703. The van der Waals surface area contributed by atoms with Gasteiger partial charge in [0.2, 0.25) is 0 Å². The summed E-state index contributed by atoms with van der Waals surface area (Å²) in [6.45, 7) is 0.819. The Morgan fingerprint density at radius 3 is 1.44 bits per heavy atom. The van der Waals surface area contributed by atoms with Gasteiger partial charge in [0.25, 0.3) is 0 Å². The van der Waals surface area contributed by atoms with E-state index in [-0.39, 0.29) is 6.08 Å². The van der Waals surface area contributed by atoms with E-state index in [0.717, 1.165) is 6.92 Å². The van der Waals surface area contributed by atoms with E-state index in [0.29, 0.717) is 0 Å². The highest BCUT2D eigenvalue weighted by molar-refractivity contribution is 7.71. The fraction of sp³-hybridized carbons (Fsp3) is 0.500. The van der Waals surface area contributed by atoms with Gasteiger partial charge in [-0.2, -0.15) is 0 Å². The van der Waals surface area contributed by atoms with Crippen molar-refractivity contribution in [2.24, 2.45) is 0 Å². The molecule has 0 heterocycles. The van der Waals surface area contributed by atoms with Gasteiger partial charge in [-0.05, 0) is 13.0 Å². The minimum absolute atomic E-state index is 0.211. The van der Waals surface area contributed by atoms with Crippen molar-refractivity contribution in [2.45, 2.75) is 12.3 Å². The molecule has 0 aliphatic carbocycles. The lowest BCUT2D eigenvalue weighted by Crippen LogP contribution is -2.06. The minimum atomic E-state index is -5.20. The van der Waals surface area contributed by atoms with E-state index in [9.17, 15) is 13.7 Å². The first-order valence-corrected chi connectivity index (χ1v) is 8.59. The van der Waals surface area contributed by atoms with Crippen LogP contribution >= 0.6 is 22.8 Å². The molecule has 0 atom stereocenters. The number of hydrogen-bond donors (Lipinski definition) is 6. The fourth-order valence-corrected chi connectivity index (χ4v) is 3.68. The van der Waals surface area contributed by atoms with Crippen LogP contribution in [0.25, 0.3) is 0 Å². The molecule has 0 saturated carbocycles. The molecular weight excluding hydrogens is 285 g/mol. The average Bonchev–Trinajstić information content (AvgIpc) is 1.92. The average molecular weight is 296 g/mol. The Bertz CT molecular complexity index is 398. The molecule has 0 spiro atoms. The van der Waals surface area contributed by atoms with Crippen LogP contribution in [0.4, 0.5) is 0 Å². The summed E-state index contributed by atoms with van der Waals surface area (Å²) in [4.78, 5) is 51.8. The molecule has 16 heavy (non-hydrogen) atoms. The Kier molecular flexibility index (Phi) is 4.88. The van der Waals surface area contributed by atoms with E-state index < -0.39 is 33.5 Å². The van der Waals surface area contributed by atoms with E-state index in [1.807, 2.05) is 0 Å². The van der Waals surface area contributed by atoms with Crippen molar-refractivity contribution in [3.05, 3.63) is 11.4 Å². The van der Waals surface area contributed by atoms with Crippen molar-refractivity contribution in [1.82, 2.24) is 0 Å². The van der Waals surface area contributed by atoms with Crippen molar-refractivity contribution in [2.75, 3.05) is 0 Å². The summed E-state index contributed by atoms with van der Waals surface area (Å²) in [5, 5.41) is -3.36. The first-order valence-electron chi connectivity index (χ1n) is 3.61. The van der Waals surface area contributed by atoms with Gasteiger partial charge in [0, 0.05) is 5.31 Å². The predicted octanol–water partition coefficient (Wildman–Crippen LogP) is -0.251. The molecule has 0 amide bonds. The van der Waals surface area contributed by atoms with Gasteiger partial charge in [0.05, 0.1) is 0 Å². The molecule has 0 aromatic heterocycles. The zero-order chi connectivity index (χ0) is 13.4. The van der Waals surface area contributed by atoms with Crippen LogP contribution in [0.2, 0.25) is 0 Å². The molecule has 0 aromatic rings. The monoisotopic (exact) mass is 296 g/mol. The predicted molar refractivity (Wildman–Crippen MR) is 53.7 cm³/mol. The third-order valence-corrected chi connectivity index (χ3v) is 6.09. The van der Waals surface area contributed by atoms with Crippen LogP contribution in [-0.2, 0) is 13.7 Å². The van der Waals surface area contributed by atoms with E-state index in [2.05, 4.69) is 0 Å². The summed E-state index contributed by atoms with van der Waals surface area (Å²) in [7, 11) is -15.2. The van der Waals surface area contributed by atoms with Gasteiger partial charge in [0.15, 0.2) is 5.40 Å². The molecule has 0 unspecified atom stereocenters. The van der Waals surface area contributed by atoms with E-state index >= 15 is 0 Å². The lowest BCUT2D eigenvalue weighted by Gasteiger charge is -2.17. The Hall–Kier alpha value is 0.190. The van der Waals surface area contributed by atoms with Crippen LogP contribution in [0.3, 0.4) is 0 Å². The third-order valence-electron chi connectivity index (χ3n) is 1.54. The summed E-state index contributed by atoms with van der Waals surface area (Å²) in [5.74, 6) is 0. The molecule has 0 fully saturated rings. The summed E-state index contributed by atoms with van der Waals surface area (Å²) in [6, 6.07) is 0.